The molecule has 0 fully saturated rings. The molecule has 0 aliphatic heterocycles. The zero-order valence-electron chi connectivity index (χ0n) is 7.32. The number of allylic oxidation sites excluding steroid dienone is 1. The maximum absolute atomic E-state index is 12.8. The zero-order valence-corrected chi connectivity index (χ0v) is 7.32. The van der Waals surface area contributed by atoms with Crippen LogP contribution < -0.4 is 5.32 Å². The lowest BCUT2D eigenvalue weighted by molar-refractivity contribution is 0.619. The van der Waals surface area contributed by atoms with Crippen molar-refractivity contribution >= 4 is 5.69 Å². The van der Waals surface area contributed by atoms with Crippen molar-refractivity contribution in [3.63, 3.8) is 0 Å². The number of aryl methyl sites for hydroxylation is 1. The molecule has 0 heterocycles. The Morgan fingerprint density at radius 2 is 2.25 bits per heavy atom. The van der Waals surface area contributed by atoms with Crippen molar-refractivity contribution in [1.82, 2.24) is 0 Å². The van der Waals surface area contributed by atoms with Gasteiger partial charge in [-0.15, -0.1) is 0 Å². The van der Waals surface area contributed by atoms with Crippen LogP contribution in [0.3, 0.4) is 0 Å². The molecule has 0 aliphatic rings. The van der Waals surface area contributed by atoms with Crippen LogP contribution in [0.4, 0.5) is 10.1 Å². The van der Waals surface area contributed by atoms with E-state index in [0.717, 1.165) is 11.4 Å². The van der Waals surface area contributed by atoms with Gasteiger partial charge in [-0.25, -0.2) is 4.39 Å². The number of hydrogen-bond donors (Lipinski definition) is 1. The topological polar surface area (TPSA) is 12.0 Å². The number of benzene rings is 1. The number of rotatable bonds is 2. The summed E-state index contributed by atoms with van der Waals surface area (Å²) in [6.45, 7) is 7.29. The number of nitrogens with one attached hydrogen (secondary N) is 1. The van der Waals surface area contributed by atoms with Gasteiger partial charge in [0.05, 0.1) is 0 Å². The van der Waals surface area contributed by atoms with Crippen molar-refractivity contribution in [2.24, 2.45) is 0 Å². The molecule has 0 atom stereocenters. The highest BCUT2D eigenvalue weighted by Gasteiger charge is 1.97. The summed E-state index contributed by atoms with van der Waals surface area (Å²) in [5.41, 5.74) is 2.36. The van der Waals surface area contributed by atoms with Gasteiger partial charge in [0, 0.05) is 12.8 Å². The first-order valence-corrected chi connectivity index (χ1v) is 3.78. The van der Waals surface area contributed by atoms with E-state index in [2.05, 4.69) is 11.9 Å². The van der Waals surface area contributed by atoms with Crippen LogP contribution in [0.2, 0.25) is 0 Å². The fraction of sp³-hybridized carbons (Fsp3) is 0.200. The molecule has 1 aromatic carbocycles. The van der Waals surface area contributed by atoms with Gasteiger partial charge in [-0.3, -0.25) is 0 Å². The minimum Gasteiger partial charge on any atom is -0.360 e. The van der Waals surface area contributed by atoms with E-state index in [1.807, 2.05) is 6.92 Å². The summed E-state index contributed by atoms with van der Waals surface area (Å²) in [5, 5.41) is 3.01. The summed E-state index contributed by atoms with van der Waals surface area (Å²) >= 11 is 0. The van der Waals surface area contributed by atoms with Crippen molar-refractivity contribution in [1.29, 1.82) is 0 Å². The molecule has 2 heteroatoms. The largest absolute Gasteiger partial charge is 0.360 e. The second-order valence-corrected chi connectivity index (χ2v) is 2.87. The smallest absolute Gasteiger partial charge is 0.126 e. The van der Waals surface area contributed by atoms with E-state index in [-0.39, 0.29) is 7.24 Å². The quantitative estimate of drug-likeness (QED) is 0.712. The highest BCUT2D eigenvalue weighted by atomic mass is 19.1. The molecule has 0 unspecified atom stereocenters. The molecule has 0 saturated heterocycles. The number of hydrogen-bond acceptors (Lipinski definition) is 1. The van der Waals surface area contributed by atoms with Gasteiger partial charge in [-0.2, -0.15) is 0 Å². The van der Waals surface area contributed by atoms with Crippen molar-refractivity contribution in [2.75, 3.05) is 5.32 Å². The maximum atomic E-state index is 12.8. The first-order valence-electron chi connectivity index (χ1n) is 3.78. The molecule has 1 rings (SSSR count). The molecule has 1 nitrogen and oxygen atoms in total. The van der Waals surface area contributed by atoms with Crippen LogP contribution in [0.25, 0.3) is 0 Å². The molecule has 0 bridgehead atoms. The highest BCUT2D eigenvalue weighted by Crippen LogP contribution is 2.14. The molecule has 1 N–H and O–H groups in total. The predicted molar refractivity (Wildman–Crippen MR) is 51.7 cm³/mol. The molecule has 0 aromatic heterocycles. The number of halogens is 1. The van der Waals surface area contributed by atoms with Gasteiger partial charge in [0.25, 0.3) is 0 Å². The molecule has 12 heavy (non-hydrogen) atoms. The van der Waals surface area contributed by atoms with Gasteiger partial charge in [0.1, 0.15) is 5.82 Å². The second-order valence-electron chi connectivity index (χ2n) is 2.87. The van der Waals surface area contributed by atoms with E-state index in [1.165, 1.54) is 6.07 Å². The minimum atomic E-state index is -0.178. The Labute approximate surface area is 73.4 Å². The summed E-state index contributed by atoms with van der Waals surface area (Å²) in [6, 6.07) is 4.89. The maximum Gasteiger partial charge on any atom is 0.126 e. The van der Waals surface area contributed by atoms with Gasteiger partial charge in [-0.1, -0.05) is 6.58 Å². The summed E-state index contributed by atoms with van der Waals surface area (Å²) in [5.74, 6) is -0.178. The van der Waals surface area contributed by atoms with Crippen LogP contribution in [0.5, 0.6) is 0 Å². The highest BCUT2D eigenvalue weighted by molar-refractivity contribution is 5.49. The SMILES string of the molecule is C=C(C)Nc1ccc(F)c(C)c1.[HH]. The van der Waals surface area contributed by atoms with E-state index in [1.54, 1.807) is 19.1 Å². The molecule has 0 aliphatic carbocycles. The van der Waals surface area contributed by atoms with Crippen LogP contribution in [0.1, 0.15) is 13.9 Å². The Bertz CT molecular complexity index is 310. The van der Waals surface area contributed by atoms with Crippen LogP contribution in [-0.2, 0) is 0 Å². The first kappa shape index (κ1) is 8.78. The molecule has 66 valence electrons. The van der Waals surface area contributed by atoms with Crippen molar-refractivity contribution in [3.8, 4) is 0 Å². The summed E-state index contributed by atoms with van der Waals surface area (Å²) in [7, 11) is 0. The Kier molecular flexibility index (Phi) is 2.48. The molecular weight excluding hydrogens is 153 g/mol. The van der Waals surface area contributed by atoms with Crippen molar-refractivity contribution in [3.05, 3.63) is 41.9 Å². The monoisotopic (exact) mass is 167 g/mol. The van der Waals surface area contributed by atoms with Gasteiger partial charge < -0.3 is 5.32 Å². The lowest BCUT2D eigenvalue weighted by atomic mass is 10.2. The fourth-order valence-electron chi connectivity index (χ4n) is 0.969. The van der Waals surface area contributed by atoms with Gasteiger partial charge in [0.2, 0.25) is 0 Å². The third kappa shape index (κ3) is 2.09. The lowest BCUT2D eigenvalue weighted by Gasteiger charge is -2.05. The van der Waals surface area contributed by atoms with Crippen molar-refractivity contribution < 1.29 is 5.82 Å². The van der Waals surface area contributed by atoms with Crippen LogP contribution in [-0.4, -0.2) is 0 Å². The fourth-order valence-corrected chi connectivity index (χ4v) is 0.969. The Balaban J connectivity index is 0.00000144. The van der Waals surface area contributed by atoms with Crippen LogP contribution in [0.15, 0.2) is 30.5 Å². The van der Waals surface area contributed by atoms with Gasteiger partial charge in [-0.05, 0) is 37.6 Å². The minimum absolute atomic E-state index is 0. The van der Waals surface area contributed by atoms with E-state index < -0.39 is 0 Å². The predicted octanol–water partition coefficient (Wildman–Crippen LogP) is 3.33. The third-order valence-corrected chi connectivity index (χ3v) is 1.52. The Morgan fingerprint density at radius 3 is 2.75 bits per heavy atom. The van der Waals surface area contributed by atoms with Crippen LogP contribution >= 0.6 is 0 Å². The summed E-state index contributed by atoms with van der Waals surface area (Å²) in [6.07, 6.45) is 0. The van der Waals surface area contributed by atoms with E-state index in [0.29, 0.717) is 5.56 Å². The summed E-state index contributed by atoms with van der Waals surface area (Å²) in [4.78, 5) is 0. The molecule has 1 aromatic rings. The van der Waals surface area contributed by atoms with Crippen LogP contribution in [0, 0.1) is 12.7 Å². The molecule has 0 saturated carbocycles. The molecule has 0 radical (unpaired) electrons. The van der Waals surface area contributed by atoms with E-state index in [9.17, 15) is 4.39 Å². The second kappa shape index (κ2) is 3.39. The molecule has 0 spiro atoms. The van der Waals surface area contributed by atoms with Gasteiger partial charge >= 0.3 is 0 Å². The molecular formula is C10H14FN. The normalized spacial score (nSPS) is 9.58. The average Bonchev–Trinajstić information content (AvgIpc) is 1.96. The lowest BCUT2D eigenvalue weighted by Crippen LogP contribution is -1.94. The number of anilines is 1. The summed E-state index contributed by atoms with van der Waals surface area (Å²) < 4.78 is 12.8. The van der Waals surface area contributed by atoms with Gasteiger partial charge in [0.15, 0.2) is 0 Å². The van der Waals surface area contributed by atoms with E-state index in [4.69, 9.17) is 0 Å². The Morgan fingerprint density at radius 1 is 1.58 bits per heavy atom. The standard InChI is InChI=1S/C10H12FN.H2/c1-7(2)12-9-4-5-10(11)8(3)6-9;/h4-6,12H,1H2,2-3H3;1H. The molecule has 0 amide bonds. The third-order valence-electron chi connectivity index (χ3n) is 1.52. The average molecular weight is 167 g/mol. The zero-order chi connectivity index (χ0) is 9.14. The van der Waals surface area contributed by atoms with E-state index >= 15 is 0 Å². The first-order chi connectivity index (χ1) is 5.59. The van der Waals surface area contributed by atoms with Crippen molar-refractivity contribution in [2.45, 2.75) is 13.8 Å². The Hall–Kier alpha value is -1.31.